The number of aldehydes is 1. The lowest BCUT2D eigenvalue weighted by atomic mass is 10.5. The van der Waals surface area contributed by atoms with Crippen molar-refractivity contribution in [3.63, 3.8) is 0 Å². The number of hydrogen-bond donors (Lipinski definition) is 0. The molecule has 0 amide bonds. The van der Waals surface area contributed by atoms with E-state index in [-0.39, 0.29) is 0 Å². The molecule has 0 heterocycles. The van der Waals surface area contributed by atoms with E-state index < -0.39 is 0 Å². The molecule has 0 radical (unpaired) electrons. The molecule has 0 aliphatic carbocycles. The predicted molar refractivity (Wildman–Crippen MR) is 48.8 cm³/mol. The first-order valence-electron chi connectivity index (χ1n) is 4.58. The molecule has 0 fully saturated rings. The Balaban J connectivity index is 2.79. The molecule has 0 saturated heterocycles. The highest BCUT2D eigenvalue weighted by molar-refractivity contribution is 5.49. The fourth-order valence-electron chi connectivity index (χ4n) is 0.716. The smallest absolute Gasteiger partial charge is 0.122 e. The van der Waals surface area contributed by atoms with Crippen LogP contribution in [0.2, 0.25) is 0 Å². The summed E-state index contributed by atoms with van der Waals surface area (Å²) in [6, 6.07) is 0. The highest BCUT2D eigenvalue weighted by Crippen LogP contribution is 1.82. The van der Waals surface area contributed by atoms with E-state index in [0.29, 0.717) is 39.5 Å². The maximum Gasteiger partial charge on any atom is 0.122 e. The van der Waals surface area contributed by atoms with Crippen LogP contribution >= 0.6 is 0 Å². The minimum absolute atomic E-state index is 0.457. The zero-order valence-corrected chi connectivity index (χ0v) is 8.16. The Hall–Kier alpha value is -0.450. The minimum Gasteiger partial charge on any atom is -0.379 e. The van der Waals surface area contributed by atoms with Crippen LogP contribution in [0.5, 0.6) is 0 Å². The first kappa shape index (κ1) is 12.6. The molecule has 0 unspecified atom stereocenters. The van der Waals surface area contributed by atoms with Gasteiger partial charge >= 0.3 is 0 Å². The van der Waals surface area contributed by atoms with Gasteiger partial charge in [0, 0.05) is 13.0 Å². The van der Waals surface area contributed by atoms with E-state index in [4.69, 9.17) is 14.2 Å². The van der Waals surface area contributed by atoms with Crippen LogP contribution in [0.4, 0.5) is 0 Å². The molecular formula is C9H18O4. The summed E-state index contributed by atoms with van der Waals surface area (Å²) in [5, 5.41) is 0. The molecule has 13 heavy (non-hydrogen) atoms. The average Bonchev–Trinajstić information content (AvgIpc) is 2.16. The van der Waals surface area contributed by atoms with Crippen molar-refractivity contribution in [1.29, 1.82) is 0 Å². The summed E-state index contributed by atoms with van der Waals surface area (Å²) in [4.78, 5) is 9.88. The van der Waals surface area contributed by atoms with E-state index >= 15 is 0 Å². The third kappa shape index (κ3) is 11.5. The maximum absolute atomic E-state index is 9.88. The van der Waals surface area contributed by atoms with E-state index in [1.807, 2.05) is 6.92 Å². The van der Waals surface area contributed by atoms with Gasteiger partial charge in [-0.15, -0.1) is 0 Å². The summed E-state index contributed by atoms with van der Waals surface area (Å²) < 4.78 is 15.3. The molecule has 0 spiro atoms. The SMILES string of the molecule is CCOCCOCCOCCC=O. The zero-order chi connectivity index (χ0) is 9.78. The Labute approximate surface area is 79.2 Å². The van der Waals surface area contributed by atoms with Gasteiger partial charge in [-0.05, 0) is 6.92 Å². The van der Waals surface area contributed by atoms with Gasteiger partial charge in [0.1, 0.15) is 6.29 Å². The number of carbonyl (C=O) groups is 1. The highest BCUT2D eigenvalue weighted by atomic mass is 16.5. The molecule has 0 atom stereocenters. The normalized spacial score (nSPS) is 10.2. The average molecular weight is 190 g/mol. The molecule has 4 heteroatoms. The number of hydrogen-bond acceptors (Lipinski definition) is 4. The maximum atomic E-state index is 9.88. The first-order valence-corrected chi connectivity index (χ1v) is 4.58. The molecule has 0 aromatic heterocycles. The van der Waals surface area contributed by atoms with Gasteiger partial charge in [0.05, 0.1) is 33.0 Å². The largest absolute Gasteiger partial charge is 0.379 e. The molecule has 0 saturated carbocycles. The lowest BCUT2D eigenvalue weighted by Gasteiger charge is -2.04. The van der Waals surface area contributed by atoms with Crippen molar-refractivity contribution < 1.29 is 19.0 Å². The molecule has 78 valence electrons. The summed E-state index contributed by atoms with van der Waals surface area (Å²) in [7, 11) is 0. The van der Waals surface area contributed by atoms with Crippen molar-refractivity contribution in [3.05, 3.63) is 0 Å². The van der Waals surface area contributed by atoms with Crippen LogP contribution in [0, 0.1) is 0 Å². The van der Waals surface area contributed by atoms with Gasteiger partial charge in [-0.2, -0.15) is 0 Å². The van der Waals surface area contributed by atoms with Crippen LogP contribution in [0.1, 0.15) is 13.3 Å². The van der Waals surface area contributed by atoms with Gasteiger partial charge in [0.2, 0.25) is 0 Å². The van der Waals surface area contributed by atoms with Crippen molar-refractivity contribution in [1.82, 2.24) is 0 Å². The molecule has 4 nitrogen and oxygen atoms in total. The summed E-state index contributed by atoms with van der Waals surface area (Å²) >= 11 is 0. The van der Waals surface area contributed by atoms with Gasteiger partial charge in [-0.3, -0.25) is 0 Å². The van der Waals surface area contributed by atoms with E-state index in [0.717, 1.165) is 12.9 Å². The van der Waals surface area contributed by atoms with Crippen LogP contribution in [0.3, 0.4) is 0 Å². The molecular weight excluding hydrogens is 172 g/mol. The molecule has 0 bridgehead atoms. The van der Waals surface area contributed by atoms with Crippen LogP contribution < -0.4 is 0 Å². The zero-order valence-electron chi connectivity index (χ0n) is 8.16. The van der Waals surface area contributed by atoms with Gasteiger partial charge in [0.15, 0.2) is 0 Å². The van der Waals surface area contributed by atoms with E-state index in [1.54, 1.807) is 0 Å². The highest BCUT2D eigenvalue weighted by Gasteiger charge is 1.89. The second-order valence-electron chi connectivity index (χ2n) is 2.38. The van der Waals surface area contributed by atoms with Gasteiger partial charge < -0.3 is 19.0 Å². The molecule has 0 rings (SSSR count). The van der Waals surface area contributed by atoms with Gasteiger partial charge in [-0.25, -0.2) is 0 Å². The summed E-state index contributed by atoms with van der Waals surface area (Å²) in [6.07, 6.45) is 1.30. The van der Waals surface area contributed by atoms with Gasteiger partial charge in [-0.1, -0.05) is 0 Å². The summed E-state index contributed by atoms with van der Waals surface area (Å²) in [6.45, 7) is 5.49. The number of carbonyl (C=O) groups excluding carboxylic acids is 1. The molecule has 0 N–H and O–H groups in total. The van der Waals surface area contributed by atoms with Crippen LogP contribution in [0.15, 0.2) is 0 Å². The second kappa shape index (κ2) is 11.6. The molecule has 0 aliphatic rings. The summed E-state index contributed by atoms with van der Waals surface area (Å²) in [5.74, 6) is 0. The quantitative estimate of drug-likeness (QED) is 0.374. The van der Waals surface area contributed by atoms with Crippen molar-refractivity contribution in [2.24, 2.45) is 0 Å². The van der Waals surface area contributed by atoms with Crippen molar-refractivity contribution in [2.45, 2.75) is 13.3 Å². The monoisotopic (exact) mass is 190 g/mol. The predicted octanol–water partition coefficient (Wildman–Crippen LogP) is 0.645. The Morgan fingerprint density at radius 3 is 2.00 bits per heavy atom. The fraction of sp³-hybridized carbons (Fsp3) is 0.889. The molecule has 0 aliphatic heterocycles. The molecule has 0 aromatic carbocycles. The van der Waals surface area contributed by atoms with Crippen LogP contribution in [0.25, 0.3) is 0 Å². The van der Waals surface area contributed by atoms with E-state index in [9.17, 15) is 4.79 Å². The standard InChI is InChI=1S/C9H18O4/c1-2-11-6-7-13-9-8-12-5-3-4-10/h4H,2-3,5-9H2,1H3. The Bertz CT molecular complexity index is 106. The van der Waals surface area contributed by atoms with Gasteiger partial charge in [0.25, 0.3) is 0 Å². The van der Waals surface area contributed by atoms with E-state index in [2.05, 4.69) is 0 Å². The lowest BCUT2D eigenvalue weighted by molar-refractivity contribution is -0.108. The second-order valence-corrected chi connectivity index (χ2v) is 2.38. The van der Waals surface area contributed by atoms with Crippen molar-refractivity contribution in [3.8, 4) is 0 Å². The Kier molecular flexibility index (Phi) is 11.2. The fourth-order valence-corrected chi connectivity index (χ4v) is 0.716. The third-order valence-electron chi connectivity index (χ3n) is 1.33. The van der Waals surface area contributed by atoms with Crippen LogP contribution in [-0.2, 0) is 19.0 Å². The number of rotatable bonds is 10. The van der Waals surface area contributed by atoms with E-state index in [1.165, 1.54) is 0 Å². The first-order chi connectivity index (χ1) is 6.41. The Morgan fingerprint density at radius 2 is 1.46 bits per heavy atom. The third-order valence-corrected chi connectivity index (χ3v) is 1.33. The number of ether oxygens (including phenoxy) is 3. The minimum atomic E-state index is 0.457. The van der Waals surface area contributed by atoms with Crippen molar-refractivity contribution in [2.75, 3.05) is 39.6 Å². The van der Waals surface area contributed by atoms with Crippen LogP contribution in [-0.4, -0.2) is 45.9 Å². The Morgan fingerprint density at radius 1 is 0.923 bits per heavy atom. The lowest BCUT2D eigenvalue weighted by Crippen LogP contribution is -2.09. The van der Waals surface area contributed by atoms with Crippen molar-refractivity contribution >= 4 is 6.29 Å². The summed E-state index contributed by atoms with van der Waals surface area (Å²) in [5.41, 5.74) is 0. The molecule has 0 aromatic rings. The topological polar surface area (TPSA) is 44.8 Å².